The third-order valence-corrected chi connectivity index (χ3v) is 5.98. The maximum Gasteiger partial charge on any atom is 0.231 e. The van der Waals surface area contributed by atoms with Gasteiger partial charge < -0.3 is 4.90 Å². The smallest absolute Gasteiger partial charge is 0.231 e. The lowest BCUT2D eigenvalue weighted by Crippen LogP contribution is -2.20. The molecular weight excluding hydrogens is 417 g/mol. The fourth-order valence-electron chi connectivity index (χ4n) is 2.51. The third-order valence-electron chi connectivity index (χ3n) is 3.71. The zero-order chi connectivity index (χ0) is 15.1. The summed E-state index contributed by atoms with van der Waals surface area (Å²) in [5, 5.41) is 0.694. The van der Waals surface area contributed by atoms with Crippen molar-refractivity contribution in [3.05, 3.63) is 62.6 Å². The zero-order valence-corrected chi connectivity index (χ0v) is 15.2. The van der Waals surface area contributed by atoms with Crippen molar-refractivity contribution < 1.29 is 4.79 Å². The Balaban J connectivity index is 1.96. The minimum absolute atomic E-state index is 0.0670. The van der Waals surface area contributed by atoms with Crippen LogP contribution in [-0.4, -0.2) is 13.0 Å². The Morgan fingerprint density at radius 2 is 1.86 bits per heavy atom. The van der Waals surface area contributed by atoms with Gasteiger partial charge in [0.1, 0.15) is 0 Å². The molecule has 1 heterocycles. The lowest BCUT2D eigenvalue weighted by Gasteiger charge is -2.14. The first-order chi connectivity index (χ1) is 9.97. The molecule has 0 N–H and O–H groups in total. The monoisotopic (exact) mass is 427 g/mol. The van der Waals surface area contributed by atoms with E-state index in [9.17, 15) is 4.79 Å². The summed E-state index contributed by atoms with van der Waals surface area (Å²) in [4.78, 5) is 13.5. The average molecular weight is 430 g/mol. The normalized spacial score (nSPS) is 15.2. The van der Waals surface area contributed by atoms with Crippen molar-refractivity contribution in [1.29, 1.82) is 0 Å². The highest BCUT2D eigenvalue weighted by molar-refractivity contribution is 9.10. The fraction of sp³-hybridized carbons (Fsp3) is 0.188. The second kappa shape index (κ2) is 5.75. The molecule has 2 aromatic carbocycles. The molecule has 0 spiro atoms. The minimum Gasteiger partial charge on any atom is -0.315 e. The maximum absolute atomic E-state index is 11.8. The molecule has 3 rings (SSSR count). The molecule has 1 aliphatic heterocycles. The van der Waals surface area contributed by atoms with Crippen molar-refractivity contribution in [2.75, 3.05) is 11.9 Å². The molecule has 1 atom stereocenters. The first-order valence-corrected chi connectivity index (χ1v) is 8.54. The van der Waals surface area contributed by atoms with Crippen molar-refractivity contribution in [1.82, 2.24) is 0 Å². The number of alkyl halides is 1. The summed E-state index contributed by atoms with van der Waals surface area (Å²) in [6.07, 6.45) is 0.476. The van der Waals surface area contributed by atoms with Crippen LogP contribution in [0.3, 0.4) is 0 Å². The zero-order valence-electron chi connectivity index (χ0n) is 11.2. The molecule has 0 fully saturated rings. The van der Waals surface area contributed by atoms with Gasteiger partial charge in [-0.3, -0.25) is 4.79 Å². The van der Waals surface area contributed by atoms with Crippen LogP contribution in [0.4, 0.5) is 5.69 Å². The number of amides is 1. The van der Waals surface area contributed by atoms with Crippen molar-refractivity contribution in [3.63, 3.8) is 0 Å². The summed E-state index contributed by atoms with van der Waals surface area (Å²) in [5.41, 5.74) is 4.33. The number of benzene rings is 2. The number of nitrogens with zero attached hydrogens (tertiary/aromatic N) is 1. The van der Waals surface area contributed by atoms with Gasteiger partial charge in [0, 0.05) is 17.2 Å². The Kier molecular flexibility index (Phi) is 4.12. The molecule has 0 radical (unpaired) electrons. The number of likely N-dealkylation sites (N-methyl/N-ethyl adjacent to an activating group) is 1. The summed E-state index contributed by atoms with van der Waals surface area (Å²) in [5.74, 6) is 0.141. The Bertz CT molecular complexity index is 732. The molecule has 0 aromatic heterocycles. The van der Waals surface area contributed by atoms with Gasteiger partial charge in [0.2, 0.25) is 5.91 Å². The van der Waals surface area contributed by atoms with Crippen LogP contribution >= 0.6 is 43.5 Å². The van der Waals surface area contributed by atoms with E-state index in [1.165, 1.54) is 0 Å². The van der Waals surface area contributed by atoms with Crippen LogP contribution in [0.15, 0.2) is 40.9 Å². The number of hydrogen-bond donors (Lipinski definition) is 0. The highest BCUT2D eigenvalue weighted by Gasteiger charge is 2.25. The summed E-state index contributed by atoms with van der Waals surface area (Å²) in [7, 11) is 1.82. The Hall–Kier alpha value is -0.840. The van der Waals surface area contributed by atoms with Gasteiger partial charge in [-0.25, -0.2) is 0 Å². The van der Waals surface area contributed by atoms with Crippen LogP contribution < -0.4 is 4.90 Å². The molecule has 108 valence electrons. The topological polar surface area (TPSA) is 20.3 Å². The number of fused-ring (bicyclic) bond motifs is 1. The Morgan fingerprint density at radius 1 is 1.19 bits per heavy atom. The van der Waals surface area contributed by atoms with Gasteiger partial charge in [-0.2, -0.15) is 0 Å². The van der Waals surface area contributed by atoms with Crippen LogP contribution in [0.5, 0.6) is 0 Å². The summed E-state index contributed by atoms with van der Waals surface area (Å²) in [6, 6.07) is 12.0. The number of hydrogen-bond acceptors (Lipinski definition) is 1. The molecule has 0 saturated heterocycles. The Morgan fingerprint density at radius 3 is 2.57 bits per heavy atom. The van der Waals surface area contributed by atoms with Gasteiger partial charge in [-0.1, -0.05) is 45.7 Å². The lowest BCUT2D eigenvalue weighted by molar-refractivity contribution is -0.117. The predicted molar refractivity (Wildman–Crippen MR) is 93.5 cm³/mol. The van der Waals surface area contributed by atoms with Gasteiger partial charge >= 0.3 is 0 Å². The second-order valence-electron chi connectivity index (χ2n) is 5.05. The largest absolute Gasteiger partial charge is 0.315 e. The van der Waals surface area contributed by atoms with Crippen LogP contribution in [0.25, 0.3) is 0 Å². The number of anilines is 1. The summed E-state index contributed by atoms with van der Waals surface area (Å²) >= 11 is 13.2. The van der Waals surface area contributed by atoms with E-state index in [2.05, 4.69) is 44.0 Å². The van der Waals surface area contributed by atoms with Crippen LogP contribution in [0.2, 0.25) is 5.02 Å². The maximum atomic E-state index is 11.8. The lowest BCUT2D eigenvalue weighted by atomic mass is 10.0. The van der Waals surface area contributed by atoms with Gasteiger partial charge in [-0.15, -0.1) is 0 Å². The molecule has 21 heavy (non-hydrogen) atoms. The van der Waals surface area contributed by atoms with E-state index in [1.807, 2.05) is 31.3 Å². The van der Waals surface area contributed by atoms with Crippen molar-refractivity contribution in [2.45, 2.75) is 11.2 Å². The number of carbonyl (C=O) groups excluding carboxylic acids is 1. The van der Waals surface area contributed by atoms with Crippen LogP contribution in [-0.2, 0) is 11.2 Å². The molecule has 1 amide bonds. The van der Waals surface area contributed by atoms with E-state index >= 15 is 0 Å². The van der Waals surface area contributed by atoms with Gasteiger partial charge in [0.05, 0.1) is 16.3 Å². The van der Waals surface area contributed by atoms with Gasteiger partial charge in [0.15, 0.2) is 0 Å². The second-order valence-corrected chi connectivity index (χ2v) is 7.23. The van der Waals surface area contributed by atoms with Crippen molar-refractivity contribution in [2.24, 2.45) is 0 Å². The van der Waals surface area contributed by atoms with E-state index in [0.717, 1.165) is 26.9 Å². The minimum atomic E-state index is 0.0670. The van der Waals surface area contributed by atoms with Gasteiger partial charge in [0.25, 0.3) is 0 Å². The molecule has 1 aliphatic rings. The van der Waals surface area contributed by atoms with E-state index < -0.39 is 0 Å². The van der Waals surface area contributed by atoms with E-state index in [4.69, 9.17) is 11.6 Å². The number of halogens is 3. The van der Waals surface area contributed by atoms with Crippen molar-refractivity contribution >= 4 is 55.1 Å². The summed E-state index contributed by atoms with van der Waals surface area (Å²) in [6.45, 7) is 0. The first-order valence-electron chi connectivity index (χ1n) is 6.46. The predicted octanol–water partition coefficient (Wildman–Crippen LogP) is 5.11. The average Bonchev–Trinajstić information content (AvgIpc) is 2.76. The van der Waals surface area contributed by atoms with Crippen LogP contribution in [0, 0.1) is 0 Å². The molecule has 2 nitrogen and oxygen atoms in total. The molecule has 2 aromatic rings. The molecule has 1 unspecified atom stereocenters. The van der Waals surface area contributed by atoms with Gasteiger partial charge in [-0.05, 0) is 50.8 Å². The van der Waals surface area contributed by atoms with Crippen LogP contribution in [0.1, 0.15) is 21.5 Å². The molecule has 0 bridgehead atoms. The van der Waals surface area contributed by atoms with E-state index in [1.54, 1.807) is 4.90 Å². The summed E-state index contributed by atoms with van der Waals surface area (Å²) < 4.78 is 0.877. The fourth-order valence-corrected chi connectivity index (χ4v) is 3.59. The molecule has 5 heteroatoms. The Labute approximate surface area is 145 Å². The quantitative estimate of drug-likeness (QED) is 0.608. The number of carbonyl (C=O) groups is 1. The highest BCUT2D eigenvalue weighted by Crippen LogP contribution is 2.37. The standard InChI is InChI=1S/C16H12Br2ClNO/c1-20-14-5-3-9(6-11(14)8-15(20)21)16(18)10-2-4-13(19)12(17)7-10/h2-7,16H,8H2,1H3. The molecule has 0 aliphatic carbocycles. The van der Waals surface area contributed by atoms with E-state index in [0.29, 0.717) is 11.4 Å². The molecule has 0 saturated carbocycles. The van der Waals surface area contributed by atoms with Crippen molar-refractivity contribution in [3.8, 4) is 0 Å². The first kappa shape index (κ1) is 15.1. The number of rotatable bonds is 2. The molecular formula is C16H12Br2ClNO. The third kappa shape index (κ3) is 2.77. The highest BCUT2D eigenvalue weighted by atomic mass is 79.9. The van der Waals surface area contributed by atoms with E-state index in [-0.39, 0.29) is 10.7 Å². The SMILES string of the molecule is CN1C(=O)Cc2cc(C(Br)c3ccc(Cl)c(Br)c3)ccc21.